The maximum absolute atomic E-state index is 11.5. The van der Waals surface area contributed by atoms with Gasteiger partial charge in [-0.15, -0.1) is 0 Å². The number of hydrogen-bond acceptors (Lipinski definition) is 3. The van der Waals surface area contributed by atoms with Gasteiger partial charge in [0.25, 0.3) is 0 Å². The molecule has 1 aliphatic rings. The molecule has 5 heteroatoms. The zero-order chi connectivity index (χ0) is 14.3. The Kier molecular flexibility index (Phi) is 3.07. The summed E-state index contributed by atoms with van der Waals surface area (Å²) in [6, 6.07) is 7.41. The molecule has 0 spiro atoms. The Balaban J connectivity index is 2.19. The number of nitriles is 1. The van der Waals surface area contributed by atoms with Gasteiger partial charge < -0.3 is 4.90 Å². The molecule has 0 N–H and O–H groups in total. The van der Waals surface area contributed by atoms with Crippen molar-refractivity contribution < 1.29 is 4.79 Å². The van der Waals surface area contributed by atoms with Crippen molar-refractivity contribution in [3.05, 3.63) is 40.0 Å². The van der Waals surface area contributed by atoms with Crippen LogP contribution in [0.2, 0.25) is 5.02 Å². The number of hydrogen-bond donors (Lipinski definition) is 0. The standard InChI is InChI=1S/C15H12ClN3O/c1-9(20)19-5-4-14-12(8-19)15(16)11-6-10(7-17)2-3-13(11)18-14/h2-3,6H,4-5,8H2,1H3. The van der Waals surface area contributed by atoms with Crippen LogP contribution >= 0.6 is 11.6 Å². The third-order valence-corrected chi connectivity index (χ3v) is 4.08. The highest BCUT2D eigenvalue weighted by Crippen LogP contribution is 2.32. The van der Waals surface area contributed by atoms with Crippen molar-refractivity contribution in [3.8, 4) is 6.07 Å². The minimum absolute atomic E-state index is 0.0394. The van der Waals surface area contributed by atoms with E-state index in [9.17, 15) is 4.79 Å². The average Bonchev–Trinajstić information content (AvgIpc) is 2.47. The molecule has 1 aromatic carbocycles. The normalized spacial score (nSPS) is 13.9. The summed E-state index contributed by atoms with van der Waals surface area (Å²) in [6.45, 7) is 2.72. The summed E-state index contributed by atoms with van der Waals surface area (Å²) >= 11 is 6.47. The number of rotatable bonds is 0. The van der Waals surface area contributed by atoms with E-state index < -0.39 is 0 Å². The molecular weight excluding hydrogens is 274 g/mol. The van der Waals surface area contributed by atoms with Gasteiger partial charge in [-0.05, 0) is 18.2 Å². The van der Waals surface area contributed by atoms with Crippen molar-refractivity contribution in [1.82, 2.24) is 9.88 Å². The van der Waals surface area contributed by atoms with Crippen molar-refractivity contribution >= 4 is 28.4 Å². The molecule has 3 rings (SSSR count). The van der Waals surface area contributed by atoms with Gasteiger partial charge in [-0.2, -0.15) is 5.26 Å². The molecule has 0 bridgehead atoms. The van der Waals surface area contributed by atoms with Crippen molar-refractivity contribution in [3.63, 3.8) is 0 Å². The summed E-state index contributed by atoms with van der Waals surface area (Å²) in [5, 5.41) is 10.4. The van der Waals surface area contributed by atoms with Crippen LogP contribution in [0.1, 0.15) is 23.7 Å². The lowest BCUT2D eigenvalue weighted by Gasteiger charge is -2.28. The predicted octanol–water partition coefficient (Wildman–Crippen LogP) is 2.66. The van der Waals surface area contributed by atoms with Gasteiger partial charge in [0.1, 0.15) is 0 Å². The monoisotopic (exact) mass is 285 g/mol. The first-order chi connectivity index (χ1) is 9.60. The predicted molar refractivity (Wildman–Crippen MR) is 76.3 cm³/mol. The molecule has 0 saturated heterocycles. The second-order valence-corrected chi connectivity index (χ2v) is 5.26. The molecule has 0 fully saturated rings. The van der Waals surface area contributed by atoms with Crippen molar-refractivity contribution in [2.75, 3.05) is 6.54 Å². The van der Waals surface area contributed by atoms with Gasteiger partial charge in [0, 0.05) is 43.1 Å². The van der Waals surface area contributed by atoms with Crippen molar-refractivity contribution in [1.29, 1.82) is 5.26 Å². The fourth-order valence-electron chi connectivity index (χ4n) is 2.53. The SMILES string of the molecule is CC(=O)N1CCc2nc3ccc(C#N)cc3c(Cl)c2C1. The van der Waals surface area contributed by atoms with Gasteiger partial charge in [-0.25, -0.2) is 0 Å². The maximum Gasteiger partial charge on any atom is 0.219 e. The van der Waals surface area contributed by atoms with Crippen LogP contribution < -0.4 is 0 Å². The first kappa shape index (κ1) is 12.9. The molecule has 2 aromatic rings. The second-order valence-electron chi connectivity index (χ2n) is 4.89. The fraction of sp³-hybridized carbons (Fsp3) is 0.267. The van der Waals surface area contributed by atoms with Gasteiger partial charge in [0.05, 0.1) is 22.2 Å². The number of carbonyl (C=O) groups excluding carboxylic acids is 1. The maximum atomic E-state index is 11.5. The number of benzene rings is 1. The van der Waals surface area contributed by atoms with E-state index in [0.29, 0.717) is 30.1 Å². The van der Waals surface area contributed by atoms with Crippen molar-refractivity contribution in [2.24, 2.45) is 0 Å². The largest absolute Gasteiger partial charge is 0.338 e. The van der Waals surface area contributed by atoms with Gasteiger partial charge in [0.15, 0.2) is 0 Å². The van der Waals surface area contributed by atoms with Crippen LogP contribution in [-0.2, 0) is 17.8 Å². The van der Waals surface area contributed by atoms with Crippen LogP contribution in [0, 0.1) is 11.3 Å². The van der Waals surface area contributed by atoms with E-state index in [0.717, 1.165) is 22.2 Å². The van der Waals surface area contributed by atoms with Gasteiger partial charge in [-0.3, -0.25) is 9.78 Å². The quantitative estimate of drug-likeness (QED) is 0.748. The summed E-state index contributed by atoms with van der Waals surface area (Å²) in [4.78, 5) is 17.9. The number of carbonyl (C=O) groups is 1. The van der Waals surface area contributed by atoms with E-state index in [1.807, 2.05) is 6.07 Å². The Morgan fingerprint density at radius 3 is 3.00 bits per heavy atom. The van der Waals surface area contributed by atoms with Gasteiger partial charge >= 0.3 is 0 Å². The Hall–Kier alpha value is -2.12. The van der Waals surface area contributed by atoms with Crippen LogP contribution in [0.15, 0.2) is 18.2 Å². The molecule has 20 heavy (non-hydrogen) atoms. The Labute approximate surface area is 121 Å². The Morgan fingerprint density at radius 2 is 2.30 bits per heavy atom. The zero-order valence-electron chi connectivity index (χ0n) is 11.0. The molecule has 1 aliphatic heterocycles. The minimum Gasteiger partial charge on any atom is -0.338 e. The number of fused-ring (bicyclic) bond motifs is 2. The average molecular weight is 286 g/mol. The van der Waals surface area contributed by atoms with E-state index in [2.05, 4.69) is 11.1 Å². The fourth-order valence-corrected chi connectivity index (χ4v) is 2.85. The first-order valence-corrected chi connectivity index (χ1v) is 6.74. The summed E-state index contributed by atoms with van der Waals surface area (Å²) in [5.74, 6) is 0.0394. The van der Waals surface area contributed by atoms with E-state index >= 15 is 0 Å². The van der Waals surface area contributed by atoms with Crippen LogP contribution in [0.25, 0.3) is 10.9 Å². The molecule has 0 atom stereocenters. The second kappa shape index (κ2) is 4.77. The molecule has 4 nitrogen and oxygen atoms in total. The molecule has 0 saturated carbocycles. The third kappa shape index (κ3) is 2.00. The van der Waals surface area contributed by atoms with E-state index in [1.54, 1.807) is 24.0 Å². The molecule has 0 radical (unpaired) electrons. The smallest absolute Gasteiger partial charge is 0.219 e. The number of halogens is 1. The number of aromatic nitrogens is 1. The molecular formula is C15H12ClN3O. The van der Waals surface area contributed by atoms with E-state index in [-0.39, 0.29) is 5.91 Å². The number of pyridine rings is 1. The summed E-state index contributed by atoms with van der Waals surface area (Å²) < 4.78 is 0. The van der Waals surface area contributed by atoms with Gasteiger partial charge in [0.2, 0.25) is 5.91 Å². The highest BCUT2D eigenvalue weighted by Gasteiger charge is 2.23. The zero-order valence-corrected chi connectivity index (χ0v) is 11.7. The summed E-state index contributed by atoms with van der Waals surface area (Å²) in [5.41, 5.74) is 3.20. The third-order valence-electron chi connectivity index (χ3n) is 3.64. The Morgan fingerprint density at radius 1 is 1.50 bits per heavy atom. The molecule has 0 aliphatic carbocycles. The lowest BCUT2D eigenvalue weighted by atomic mass is 10.0. The van der Waals surface area contributed by atoms with Crippen molar-refractivity contribution in [2.45, 2.75) is 19.9 Å². The van der Waals surface area contributed by atoms with E-state index in [1.165, 1.54) is 0 Å². The molecule has 1 amide bonds. The number of nitrogens with zero attached hydrogens (tertiary/aromatic N) is 3. The lowest BCUT2D eigenvalue weighted by molar-refractivity contribution is -0.129. The lowest BCUT2D eigenvalue weighted by Crippen LogP contribution is -2.34. The van der Waals surface area contributed by atoms with Gasteiger partial charge in [-0.1, -0.05) is 11.6 Å². The Bertz CT molecular complexity index is 764. The van der Waals surface area contributed by atoms with Crippen LogP contribution in [0.5, 0.6) is 0 Å². The molecule has 100 valence electrons. The highest BCUT2D eigenvalue weighted by atomic mass is 35.5. The molecule has 1 aromatic heterocycles. The highest BCUT2D eigenvalue weighted by molar-refractivity contribution is 6.36. The molecule has 2 heterocycles. The van der Waals surface area contributed by atoms with Crippen LogP contribution in [0.4, 0.5) is 0 Å². The summed E-state index contributed by atoms with van der Waals surface area (Å²) in [6.07, 6.45) is 0.713. The summed E-state index contributed by atoms with van der Waals surface area (Å²) in [7, 11) is 0. The van der Waals surface area contributed by atoms with Crippen LogP contribution in [-0.4, -0.2) is 22.3 Å². The molecule has 0 unspecified atom stereocenters. The number of amides is 1. The topological polar surface area (TPSA) is 57.0 Å². The minimum atomic E-state index is 0.0394. The van der Waals surface area contributed by atoms with E-state index in [4.69, 9.17) is 16.9 Å². The first-order valence-electron chi connectivity index (χ1n) is 6.37. The van der Waals surface area contributed by atoms with Crippen LogP contribution in [0.3, 0.4) is 0 Å².